The molecule has 1 aliphatic heterocycles. The molecule has 0 aliphatic carbocycles. The molecule has 0 saturated heterocycles. The van der Waals surface area contributed by atoms with Crippen molar-refractivity contribution in [1.29, 1.82) is 0 Å². The molecule has 0 spiro atoms. The second kappa shape index (κ2) is 6.20. The second-order valence-electron chi connectivity index (χ2n) is 5.52. The van der Waals surface area contributed by atoms with Crippen LogP contribution in [0.1, 0.15) is 42.3 Å². The molecular formula is C17H22O4. The van der Waals surface area contributed by atoms with Gasteiger partial charge in [0.15, 0.2) is 0 Å². The molecule has 114 valence electrons. The van der Waals surface area contributed by atoms with Gasteiger partial charge in [-0.1, -0.05) is 11.6 Å². The lowest BCUT2D eigenvalue weighted by atomic mass is 9.90. The summed E-state index contributed by atoms with van der Waals surface area (Å²) in [4.78, 5) is 12.2. The molecule has 0 amide bonds. The average Bonchev–Trinajstić information content (AvgIpc) is 2.43. The van der Waals surface area contributed by atoms with E-state index >= 15 is 0 Å². The zero-order valence-corrected chi connectivity index (χ0v) is 13.3. The lowest BCUT2D eigenvalue weighted by molar-refractivity contribution is 0.0295. The maximum Gasteiger partial charge on any atom is 0.342 e. The van der Waals surface area contributed by atoms with Crippen LogP contribution in [0.5, 0.6) is 11.5 Å². The summed E-state index contributed by atoms with van der Waals surface area (Å²) in [6, 6.07) is 1.77. The van der Waals surface area contributed by atoms with E-state index in [0.29, 0.717) is 17.7 Å². The Bertz CT molecular complexity index is 583. The highest BCUT2D eigenvalue weighted by atomic mass is 16.5. The van der Waals surface area contributed by atoms with Crippen molar-refractivity contribution in [2.24, 2.45) is 0 Å². The number of carbonyl (C=O) groups is 1. The fourth-order valence-electron chi connectivity index (χ4n) is 2.62. The van der Waals surface area contributed by atoms with E-state index in [2.05, 4.69) is 19.9 Å². The lowest BCUT2D eigenvalue weighted by Crippen LogP contribution is -2.27. The maximum atomic E-state index is 12.2. The van der Waals surface area contributed by atoms with Crippen LogP contribution in [0.2, 0.25) is 0 Å². The molecule has 0 bridgehead atoms. The van der Waals surface area contributed by atoms with Gasteiger partial charge in [-0.2, -0.15) is 0 Å². The summed E-state index contributed by atoms with van der Waals surface area (Å²) >= 11 is 0. The van der Waals surface area contributed by atoms with Crippen LogP contribution >= 0.6 is 0 Å². The van der Waals surface area contributed by atoms with Crippen LogP contribution in [-0.2, 0) is 17.6 Å². The molecule has 0 aromatic heterocycles. The Kier molecular flexibility index (Phi) is 4.56. The van der Waals surface area contributed by atoms with Gasteiger partial charge in [-0.3, -0.25) is 0 Å². The first-order valence-corrected chi connectivity index (χ1v) is 7.09. The molecule has 0 radical (unpaired) electrons. The molecule has 4 heteroatoms. The summed E-state index contributed by atoms with van der Waals surface area (Å²) in [5.74, 6) is 0.950. The summed E-state index contributed by atoms with van der Waals surface area (Å²) in [5, 5.41) is 0. The first kappa shape index (κ1) is 15.4. The quantitative estimate of drug-likeness (QED) is 0.630. The van der Waals surface area contributed by atoms with Gasteiger partial charge in [0.25, 0.3) is 0 Å². The molecule has 0 fully saturated rings. The number of ether oxygens (including phenoxy) is 3. The highest BCUT2D eigenvalue weighted by Crippen LogP contribution is 2.38. The molecule has 0 unspecified atom stereocenters. The van der Waals surface area contributed by atoms with Gasteiger partial charge in [-0.15, -0.1) is 0 Å². The van der Waals surface area contributed by atoms with Crippen molar-refractivity contribution in [2.75, 3.05) is 14.2 Å². The Morgan fingerprint density at radius 1 is 1.33 bits per heavy atom. The fourth-order valence-corrected chi connectivity index (χ4v) is 2.62. The summed E-state index contributed by atoms with van der Waals surface area (Å²) < 4.78 is 16.2. The van der Waals surface area contributed by atoms with E-state index in [-0.39, 0.29) is 12.1 Å². The Hall–Kier alpha value is -1.97. The molecule has 21 heavy (non-hydrogen) atoms. The number of rotatable bonds is 4. The third-order valence-electron chi connectivity index (χ3n) is 3.63. The van der Waals surface area contributed by atoms with Gasteiger partial charge in [0.2, 0.25) is 0 Å². The average molecular weight is 290 g/mol. The number of carbonyl (C=O) groups excluding carboxylic acids is 1. The van der Waals surface area contributed by atoms with Crippen LogP contribution in [0.4, 0.5) is 0 Å². The maximum absolute atomic E-state index is 12.2. The Labute approximate surface area is 125 Å². The summed E-state index contributed by atoms with van der Waals surface area (Å²) in [5.41, 5.74) is 3.78. The van der Waals surface area contributed by atoms with E-state index in [1.165, 1.54) is 5.57 Å². The Balaban J connectivity index is 2.65. The van der Waals surface area contributed by atoms with Crippen molar-refractivity contribution in [1.82, 2.24) is 0 Å². The highest BCUT2D eigenvalue weighted by Gasteiger charge is 2.31. The van der Waals surface area contributed by atoms with Crippen molar-refractivity contribution in [3.05, 3.63) is 34.4 Å². The number of allylic oxidation sites excluding steroid dienone is 2. The van der Waals surface area contributed by atoms with E-state index < -0.39 is 0 Å². The van der Waals surface area contributed by atoms with Crippen molar-refractivity contribution in [3.8, 4) is 11.5 Å². The van der Waals surface area contributed by atoms with Crippen LogP contribution < -0.4 is 9.47 Å². The van der Waals surface area contributed by atoms with Crippen molar-refractivity contribution >= 4 is 5.97 Å². The molecule has 0 N–H and O–H groups in total. The van der Waals surface area contributed by atoms with Gasteiger partial charge in [0.1, 0.15) is 23.2 Å². The van der Waals surface area contributed by atoms with Crippen LogP contribution in [0.3, 0.4) is 0 Å². The van der Waals surface area contributed by atoms with Gasteiger partial charge >= 0.3 is 5.97 Å². The molecule has 2 rings (SSSR count). The van der Waals surface area contributed by atoms with E-state index in [0.717, 1.165) is 23.3 Å². The number of benzene rings is 1. The minimum Gasteiger partial charge on any atom is -0.496 e. The van der Waals surface area contributed by atoms with Crippen molar-refractivity contribution in [3.63, 3.8) is 0 Å². The number of esters is 1. The molecule has 1 heterocycles. The minimum absolute atomic E-state index is 0.132. The number of hydrogen-bond donors (Lipinski definition) is 0. The summed E-state index contributed by atoms with van der Waals surface area (Å²) in [6.07, 6.45) is 3.42. The summed E-state index contributed by atoms with van der Waals surface area (Å²) in [6.45, 7) is 6.01. The third kappa shape index (κ3) is 3.04. The SMILES string of the molecule is COc1cc(OC)c2c(c1CC=C(C)C)C[C@@H](C)OC2=O. The van der Waals surface area contributed by atoms with Crippen LogP contribution in [-0.4, -0.2) is 26.3 Å². The van der Waals surface area contributed by atoms with Gasteiger partial charge in [0.05, 0.1) is 14.2 Å². The Morgan fingerprint density at radius 3 is 2.57 bits per heavy atom. The predicted molar refractivity (Wildman–Crippen MR) is 81.3 cm³/mol. The molecular weight excluding hydrogens is 268 g/mol. The van der Waals surface area contributed by atoms with Gasteiger partial charge in [-0.25, -0.2) is 4.79 Å². The van der Waals surface area contributed by atoms with Crippen LogP contribution in [0.25, 0.3) is 0 Å². The van der Waals surface area contributed by atoms with Crippen molar-refractivity contribution < 1.29 is 19.0 Å². The zero-order chi connectivity index (χ0) is 15.6. The molecule has 1 atom stereocenters. The van der Waals surface area contributed by atoms with Crippen LogP contribution in [0, 0.1) is 0 Å². The van der Waals surface area contributed by atoms with Gasteiger partial charge < -0.3 is 14.2 Å². The fraction of sp³-hybridized carbons (Fsp3) is 0.471. The summed E-state index contributed by atoms with van der Waals surface area (Å²) in [7, 11) is 3.19. The zero-order valence-electron chi connectivity index (χ0n) is 13.3. The highest BCUT2D eigenvalue weighted by molar-refractivity contribution is 5.96. The second-order valence-corrected chi connectivity index (χ2v) is 5.52. The van der Waals surface area contributed by atoms with Gasteiger partial charge in [0, 0.05) is 18.1 Å². The monoisotopic (exact) mass is 290 g/mol. The normalized spacial score (nSPS) is 16.8. The topological polar surface area (TPSA) is 44.8 Å². The Morgan fingerprint density at radius 2 is 2.00 bits per heavy atom. The number of methoxy groups -OCH3 is 2. The van der Waals surface area contributed by atoms with E-state index in [9.17, 15) is 4.79 Å². The first-order chi connectivity index (χ1) is 9.97. The molecule has 1 aromatic rings. The number of hydrogen-bond acceptors (Lipinski definition) is 4. The molecule has 4 nitrogen and oxygen atoms in total. The number of fused-ring (bicyclic) bond motifs is 1. The minimum atomic E-state index is -0.318. The smallest absolute Gasteiger partial charge is 0.342 e. The third-order valence-corrected chi connectivity index (χ3v) is 3.63. The van der Waals surface area contributed by atoms with E-state index in [4.69, 9.17) is 14.2 Å². The van der Waals surface area contributed by atoms with Crippen molar-refractivity contribution in [2.45, 2.75) is 39.7 Å². The first-order valence-electron chi connectivity index (χ1n) is 7.09. The standard InChI is InChI=1S/C17H22O4/c1-10(2)6-7-12-13-8-11(3)21-17(18)16(13)15(20-5)9-14(12)19-4/h6,9,11H,7-8H2,1-5H3/t11-/m1/s1. The lowest BCUT2D eigenvalue weighted by Gasteiger charge is -2.26. The van der Waals surface area contributed by atoms with E-state index in [1.807, 2.05) is 6.92 Å². The number of cyclic esters (lactones) is 1. The molecule has 0 saturated carbocycles. The predicted octanol–water partition coefficient (Wildman–Crippen LogP) is 3.31. The largest absolute Gasteiger partial charge is 0.496 e. The van der Waals surface area contributed by atoms with Crippen LogP contribution in [0.15, 0.2) is 17.7 Å². The van der Waals surface area contributed by atoms with Gasteiger partial charge in [-0.05, 0) is 32.8 Å². The van der Waals surface area contributed by atoms with E-state index in [1.54, 1.807) is 20.3 Å². The molecule has 1 aromatic carbocycles. The molecule has 1 aliphatic rings.